The Morgan fingerprint density at radius 1 is 0.725 bits per heavy atom. The molecular formula is C33H30O7. The van der Waals surface area contributed by atoms with Crippen LogP contribution in [0.1, 0.15) is 20.8 Å². The van der Waals surface area contributed by atoms with E-state index in [4.69, 9.17) is 18.9 Å². The first kappa shape index (κ1) is 29.4. The second kappa shape index (κ2) is 13.6. The Bertz CT molecular complexity index is 1480. The third-order valence-electron chi connectivity index (χ3n) is 5.48. The molecule has 7 nitrogen and oxygen atoms in total. The van der Waals surface area contributed by atoms with Gasteiger partial charge in [0.15, 0.2) is 0 Å². The molecule has 3 aromatic rings. The largest absolute Gasteiger partial charge is 0.489 e. The van der Waals surface area contributed by atoms with Crippen molar-refractivity contribution in [3.8, 4) is 45.3 Å². The van der Waals surface area contributed by atoms with E-state index in [0.717, 1.165) is 11.6 Å². The van der Waals surface area contributed by atoms with E-state index in [1.807, 2.05) is 19.1 Å². The molecule has 0 amide bonds. The minimum Gasteiger partial charge on any atom is -0.489 e. The van der Waals surface area contributed by atoms with Crippen LogP contribution < -0.4 is 18.9 Å². The van der Waals surface area contributed by atoms with Crippen molar-refractivity contribution in [2.45, 2.75) is 20.8 Å². The molecule has 0 aliphatic carbocycles. The van der Waals surface area contributed by atoms with E-state index in [-0.39, 0.29) is 16.9 Å². The fraction of sp³-hybridized carbons (Fsp3) is 0.121. The number of carbonyl (C=O) groups excluding carboxylic acids is 3. The van der Waals surface area contributed by atoms with Gasteiger partial charge in [-0.3, -0.25) is 0 Å². The van der Waals surface area contributed by atoms with Crippen LogP contribution >= 0.6 is 0 Å². The summed E-state index contributed by atoms with van der Waals surface area (Å²) in [4.78, 5) is 36.0. The summed E-state index contributed by atoms with van der Waals surface area (Å²) < 4.78 is 22.3. The Kier molecular flexibility index (Phi) is 9.97. The van der Waals surface area contributed by atoms with Crippen molar-refractivity contribution in [2.75, 3.05) is 6.61 Å². The first-order chi connectivity index (χ1) is 19.1. The predicted octanol–water partition coefficient (Wildman–Crippen LogP) is 7.03. The lowest BCUT2D eigenvalue weighted by Crippen LogP contribution is -2.08. The molecule has 0 unspecified atom stereocenters. The average Bonchev–Trinajstić information content (AvgIpc) is 2.94. The van der Waals surface area contributed by atoms with Crippen molar-refractivity contribution in [1.29, 1.82) is 0 Å². The average molecular weight is 539 g/mol. The van der Waals surface area contributed by atoms with Crippen molar-refractivity contribution >= 4 is 17.9 Å². The van der Waals surface area contributed by atoms with Crippen molar-refractivity contribution < 1.29 is 33.3 Å². The fourth-order valence-corrected chi connectivity index (χ4v) is 3.39. The van der Waals surface area contributed by atoms with Gasteiger partial charge in [0, 0.05) is 28.3 Å². The van der Waals surface area contributed by atoms with Crippen molar-refractivity contribution in [2.24, 2.45) is 0 Å². The van der Waals surface area contributed by atoms with Gasteiger partial charge in [0.1, 0.15) is 29.6 Å². The van der Waals surface area contributed by atoms with Crippen LogP contribution in [0.2, 0.25) is 0 Å². The molecule has 0 atom stereocenters. The predicted molar refractivity (Wildman–Crippen MR) is 154 cm³/mol. The standard InChI is InChI=1S/C33H30O7/c1-7-9-18-37-29-19-28(24-12-16-26(17-13-24)39-33(36)22(5)6)30(40-31(34)8-2)20-27(29)23-10-14-25(15-11-23)38-32(35)21(3)4/h7-17,19-20H,2-3,5,18H2,1,4,6H3/b9-7+. The number of esters is 3. The van der Waals surface area contributed by atoms with Crippen LogP contribution in [0, 0.1) is 0 Å². The highest BCUT2D eigenvalue weighted by Crippen LogP contribution is 2.42. The minimum absolute atomic E-state index is 0.266. The lowest BCUT2D eigenvalue weighted by molar-refractivity contribution is -0.130. The second-order valence-electron chi connectivity index (χ2n) is 8.74. The Labute approximate surface area is 233 Å². The molecular weight excluding hydrogens is 508 g/mol. The van der Waals surface area contributed by atoms with E-state index < -0.39 is 17.9 Å². The van der Waals surface area contributed by atoms with Gasteiger partial charge in [0.25, 0.3) is 0 Å². The summed E-state index contributed by atoms with van der Waals surface area (Å²) in [6.45, 7) is 16.0. The Morgan fingerprint density at radius 2 is 1.18 bits per heavy atom. The van der Waals surface area contributed by atoms with Crippen LogP contribution in [-0.4, -0.2) is 24.5 Å². The van der Waals surface area contributed by atoms with E-state index in [1.165, 1.54) is 0 Å². The zero-order chi connectivity index (χ0) is 29.2. The van der Waals surface area contributed by atoms with E-state index >= 15 is 0 Å². The maximum Gasteiger partial charge on any atom is 0.338 e. The first-order valence-corrected chi connectivity index (χ1v) is 12.4. The molecule has 0 radical (unpaired) electrons. The van der Waals surface area contributed by atoms with Crippen LogP contribution in [0.25, 0.3) is 22.3 Å². The van der Waals surface area contributed by atoms with Gasteiger partial charge in [0.2, 0.25) is 0 Å². The molecule has 0 aliphatic rings. The maximum atomic E-state index is 12.2. The molecule has 0 bridgehead atoms. The highest BCUT2D eigenvalue weighted by molar-refractivity contribution is 5.90. The van der Waals surface area contributed by atoms with E-state index in [9.17, 15) is 14.4 Å². The van der Waals surface area contributed by atoms with Crippen molar-refractivity contribution in [3.05, 3.63) is 110 Å². The van der Waals surface area contributed by atoms with E-state index in [0.29, 0.717) is 40.5 Å². The summed E-state index contributed by atoms with van der Waals surface area (Å²) in [6.07, 6.45) is 4.81. The molecule has 40 heavy (non-hydrogen) atoms. The van der Waals surface area contributed by atoms with Crippen molar-refractivity contribution in [3.63, 3.8) is 0 Å². The second-order valence-corrected chi connectivity index (χ2v) is 8.74. The lowest BCUT2D eigenvalue weighted by Gasteiger charge is -2.17. The smallest absolute Gasteiger partial charge is 0.338 e. The van der Waals surface area contributed by atoms with Crippen LogP contribution in [-0.2, 0) is 14.4 Å². The zero-order valence-electron chi connectivity index (χ0n) is 22.7. The van der Waals surface area contributed by atoms with E-state index in [2.05, 4.69) is 19.7 Å². The highest BCUT2D eigenvalue weighted by Gasteiger charge is 2.18. The summed E-state index contributed by atoms with van der Waals surface area (Å²) in [6, 6.07) is 17.1. The molecule has 0 saturated heterocycles. The Morgan fingerprint density at radius 3 is 1.60 bits per heavy atom. The first-order valence-electron chi connectivity index (χ1n) is 12.4. The van der Waals surface area contributed by atoms with Crippen LogP contribution in [0.4, 0.5) is 0 Å². The Balaban J connectivity index is 2.09. The topological polar surface area (TPSA) is 88.1 Å². The lowest BCUT2D eigenvalue weighted by atomic mass is 9.97. The molecule has 3 rings (SSSR count). The maximum absolute atomic E-state index is 12.2. The van der Waals surface area contributed by atoms with Gasteiger partial charge in [-0.15, -0.1) is 0 Å². The minimum atomic E-state index is -0.635. The van der Waals surface area contributed by atoms with Gasteiger partial charge >= 0.3 is 17.9 Å². The van der Waals surface area contributed by atoms with Gasteiger partial charge in [-0.2, -0.15) is 0 Å². The molecule has 0 fully saturated rings. The molecule has 0 aromatic heterocycles. The normalized spacial score (nSPS) is 10.5. The number of carbonyl (C=O) groups is 3. The fourth-order valence-electron chi connectivity index (χ4n) is 3.39. The van der Waals surface area contributed by atoms with E-state index in [1.54, 1.807) is 74.5 Å². The van der Waals surface area contributed by atoms with Gasteiger partial charge in [-0.25, -0.2) is 14.4 Å². The quantitative estimate of drug-likeness (QED) is 0.112. The number of rotatable bonds is 11. The summed E-state index contributed by atoms with van der Waals surface area (Å²) >= 11 is 0. The molecule has 0 N–H and O–H groups in total. The molecule has 204 valence electrons. The summed E-state index contributed by atoms with van der Waals surface area (Å²) in [5, 5.41) is 0. The highest BCUT2D eigenvalue weighted by atomic mass is 16.5. The molecule has 0 heterocycles. The summed E-state index contributed by atoms with van der Waals surface area (Å²) in [5.41, 5.74) is 3.20. The Hall–Kier alpha value is -5.17. The SMILES string of the molecule is C=CC(=O)Oc1cc(-c2ccc(OC(=O)C(=C)C)cc2)c(OC/C=C/C)cc1-c1ccc(OC(=O)C(=C)C)cc1. The van der Waals surface area contributed by atoms with Crippen molar-refractivity contribution in [1.82, 2.24) is 0 Å². The molecule has 0 saturated carbocycles. The number of ether oxygens (including phenoxy) is 4. The summed E-state index contributed by atoms with van der Waals surface area (Å²) in [7, 11) is 0. The molecule has 7 heteroatoms. The number of hydrogen-bond donors (Lipinski definition) is 0. The van der Waals surface area contributed by atoms with Gasteiger partial charge in [-0.1, -0.05) is 56.2 Å². The van der Waals surface area contributed by atoms with Crippen LogP contribution in [0.15, 0.2) is 110 Å². The number of allylic oxidation sites excluding steroid dienone is 1. The monoisotopic (exact) mass is 538 g/mol. The van der Waals surface area contributed by atoms with Gasteiger partial charge in [-0.05, 0) is 68.3 Å². The van der Waals surface area contributed by atoms with Crippen LogP contribution in [0.5, 0.6) is 23.0 Å². The number of hydrogen-bond acceptors (Lipinski definition) is 7. The third kappa shape index (κ3) is 7.68. The molecule has 3 aromatic carbocycles. The zero-order valence-corrected chi connectivity index (χ0v) is 22.7. The molecule has 0 spiro atoms. The summed E-state index contributed by atoms with van der Waals surface area (Å²) in [5.74, 6) is -0.197. The van der Waals surface area contributed by atoms with Gasteiger partial charge in [0.05, 0.1) is 0 Å². The third-order valence-corrected chi connectivity index (χ3v) is 5.48. The van der Waals surface area contributed by atoms with Crippen LogP contribution in [0.3, 0.4) is 0 Å². The number of benzene rings is 3. The molecule has 0 aliphatic heterocycles. The van der Waals surface area contributed by atoms with Gasteiger partial charge < -0.3 is 18.9 Å².